The Balaban J connectivity index is 1.72. The number of aromatic amines is 1. The molecule has 162 valence electrons. The molecule has 0 aromatic carbocycles. The van der Waals surface area contributed by atoms with Crippen LogP contribution in [0.2, 0.25) is 5.15 Å². The van der Waals surface area contributed by atoms with Gasteiger partial charge in [0, 0.05) is 25.8 Å². The van der Waals surface area contributed by atoms with E-state index in [1.165, 1.54) is 6.92 Å². The number of piperidine rings is 1. The third-order valence-electron chi connectivity index (χ3n) is 5.08. The first-order chi connectivity index (χ1) is 14.2. The number of thiophene rings is 1. The lowest BCUT2D eigenvalue weighted by Gasteiger charge is -2.38. The number of hydrogen-bond donors (Lipinski definition) is 3. The van der Waals surface area contributed by atoms with Crippen molar-refractivity contribution in [1.82, 2.24) is 15.3 Å². The first-order valence-electron chi connectivity index (χ1n) is 9.46. The Hall–Kier alpha value is -2.43. The van der Waals surface area contributed by atoms with E-state index in [4.69, 9.17) is 16.3 Å². The molecular weight excluding hydrogens is 432 g/mol. The quantitative estimate of drug-likeness (QED) is 0.549. The van der Waals surface area contributed by atoms with Crippen LogP contribution in [0.1, 0.15) is 56.6 Å². The summed E-state index contributed by atoms with van der Waals surface area (Å²) in [5.74, 6) is -1.61. The Kier molecular flexibility index (Phi) is 6.79. The summed E-state index contributed by atoms with van der Waals surface area (Å²) < 4.78 is 5.58. The van der Waals surface area contributed by atoms with E-state index in [0.717, 1.165) is 11.3 Å². The predicted molar refractivity (Wildman–Crippen MR) is 113 cm³/mol. The van der Waals surface area contributed by atoms with Gasteiger partial charge in [-0.2, -0.15) is 0 Å². The number of carbonyl (C=O) groups is 3. The number of hydrogen-bond acceptors (Lipinski definition) is 7. The summed E-state index contributed by atoms with van der Waals surface area (Å²) in [6.45, 7) is 4.27. The molecule has 0 saturated carbocycles. The number of aromatic nitrogens is 2. The monoisotopic (exact) mass is 454 g/mol. The van der Waals surface area contributed by atoms with Gasteiger partial charge < -0.3 is 25.0 Å². The van der Waals surface area contributed by atoms with Crippen molar-refractivity contribution in [3.8, 4) is 0 Å². The normalized spacial score (nSPS) is 19.0. The van der Waals surface area contributed by atoms with Crippen molar-refractivity contribution in [2.75, 3.05) is 25.1 Å². The maximum absolute atomic E-state index is 12.6. The number of rotatable bonds is 7. The van der Waals surface area contributed by atoms with Crippen LogP contribution in [0.3, 0.4) is 0 Å². The van der Waals surface area contributed by atoms with Crippen LogP contribution in [0, 0.1) is 0 Å². The summed E-state index contributed by atoms with van der Waals surface area (Å²) in [6.07, 6.45) is 0.893. The van der Waals surface area contributed by atoms with Crippen molar-refractivity contribution >= 4 is 45.6 Å². The molecule has 1 aliphatic heterocycles. The van der Waals surface area contributed by atoms with Crippen LogP contribution >= 0.6 is 22.9 Å². The molecule has 0 unspecified atom stereocenters. The number of carboxylic acid groups (broad SMARTS) is 1. The average molecular weight is 455 g/mol. The number of ether oxygens (including phenoxy) is 1. The fourth-order valence-corrected chi connectivity index (χ4v) is 4.79. The van der Waals surface area contributed by atoms with Gasteiger partial charge in [-0.25, -0.2) is 9.78 Å². The Morgan fingerprint density at radius 2 is 2.20 bits per heavy atom. The van der Waals surface area contributed by atoms with Gasteiger partial charge in [-0.05, 0) is 25.8 Å². The predicted octanol–water partition coefficient (Wildman–Crippen LogP) is 2.61. The second-order valence-corrected chi connectivity index (χ2v) is 8.37. The number of ketones is 1. The Bertz CT molecular complexity index is 941. The van der Waals surface area contributed by atoms with Gasteiger partial charge in [0.05, 0.1) is 22.8 Å². The topological polar surface area (TPSA) is 125 Å². The van der Waals surface area contributed by atoms with Crippen LogP contribution in [0.25, 0.3) is 0 Å². The molecule has 1 fully saturated rings. The molecule has 3 heterocycles. The highest BCUT2D eigenvalue weighted by atomic mass is 35.5. The Morgan fingerprint density at radius 3 is 2.73 bits per heavy atom. The maximum atomic E-state index is 12.6. The molecule has 2 aromatic rings. The molecule has 9 nitrogen and oxygen atoms in total. The maximum Gasteiger partial charge on any atom is 0.346 e. The van der Waals surface area contributed by atoms with Gasteiger partial charge in [-0.1, -0.05) is 18.5 Å². The van der Waals surface area contributed by atoms with Gasteiger partial charge in [0.1, 0.15) is 4.88 Å². The summed E-state index contributed by atoms with van der Waals surface area (Å²) in [5.41, 5.74) is 0.904. The van der Waals surface area contributed by atoms with E-state index in [-0.39, 0.29) is 45.3 Å². The van der Waals surface area contributed by atoms with Gasteiger partial charge in [0.2, 0.25) is 0 Å². The zero-order chi connectivity index (χ0) is 22.0. The fourth-order valence-electron chi connectivity index (χ4n) is 3.44. The highest BCUT2D eigenvalue weighted by molar-refractivity contribution is 7.18. The Morgan fingerprint density at radius 1 is 1.47 bits per heavy atom. The van der Waals surface area contributed by atoms with Crippen molar-refractivity contribution in [1.29, 1.82) is 0 Å². The number of aryl methyl sites for hydroxylation is 1. The van der Waals surface area contributed by atoms with E-state index in [2.05, 4.69) is 15.3 Å². The third kappa shape index (κ3) is 4.50. The lowest BCUT2D eigenvalue weighted by Crippen LogP contribution is -2.55. The van der Waals surface area contributed by atoms with Crippen LogP contribution in [-0.4, -0.2) is 65.1 Å². The molecule has 30 heavy (non-hydrogen) atoms. The summed E-state index contributed by atoms with van der Waals surface area (Å²) in [5, 5.41) is 13.3. The van der Waals surface area contributed by atoms with Gasteiger partial charge in [-0.15, -0.1) is 11.3 Å². The van der Waals surface area contributed by atoms with Crippen LogP contribution in [0.15, 0.2) is 6.07 Å². The van der Waals surface area contributed by atoms with Crippen LogP contribution < -0.4 is 10.2 Å². The standard InChI is InChI=1S/C19H23ClN4O5S/c1-4-11-16(20)23-17(21-11)18(26)22-12-5-6-24(8-13(12)29-3)14-7-10(9(2)25)15(30-14)19(27)28/h7,12-13H,4-6,8H2,1-3H3,(H,21,23)(H,22,26)(H,27,28)/t12-,13+/m0/s1. The van der Waals surface area contributed by atoms with Crippen molar-refractivity contribution in [2.45, 2.75) is 38.8 Å². The molecule has 2 atom stereocenters. The second-order valence-electron chi connectivity index (χ2n) is 6.99. The molecule has 1 saturated heterocycles. The third-order valence-corrected chi connectivity index (χ3v) is 6.58. The number of carbonyl (C=O) groups excluding carboxylic acids is 2. The molecule has 0 radical (unpaired) electrons. The molecule has 3 N–H and O–H groups in total. The summed E-state index contributed by atoms with van der Waals surface area (Å²) >= 11 is 7.08. The molecule has 11 heteroatoms. The smallest absolute Gasteiger partial charge is 0.346 e. The van der Waals surface area contributed by atoms with Crippen molar-refractivity contribution in [3.63, 3.8) is 0 Å². The fraction of sp³-hybridized carbons (Fsp3) is 0.474. The van der Waals surface area contributed by atoms with E-state index in [0.29, 0.717) is 36.6 Å². The zero-order valence-electron chi connectivity index (χ0n) is 16.8. The number of carboxylic acids is 1. The molecule has 2 aromatic heterocycles. The zero-order valence-corrected chi connectivity index (χ0v) is 18.4. The summed E-state index contributed by atoms with van der Waals surface area (Å²) in [4.78, 5) is 44.8. The van der Waals surface area contributed by atoms with Crippen LogP contribution in [0.5, 0.6) is 0 Å². The average Bonchev–Trinajstić information content (AvgIpc) is 3.32. The number of Topliss-reactive ketones (excluding diaryl/α,β-unsaturated/α-hetero) is 1. The number of halogens is 1. The van der Waals surface area contributed by atoms with Gasteiger partial charge in [0.25, 0.3) is 5.91 Å². The van der Waals surface area contributed by atoms with Crippen molar-refractivity contribution in [3.05, 3.63) is 33.2 Å². The molecule has 0 aliphatic carbocycles. The lowest BCUT2D eigenvalue weighted by molar-refractivity contribution is 0.0539. The SMILES string of the molecule is CCc1[nH]c(C(=O)N[C@H]2CCN(c3cc(C(C)=O)c(C(=O)O)s3)C[C@H]2OC)nc1Cl. The number of nitrogens with one attached hydrogen (secondary N) is 2. The molecular formula is C19H23ClN4O5S. The van der Waals surface area contributed by atoms with E-state index < -0.39 is 5.97 Å². The lowest BCUT2D eigenvalue weighted by atomic mass is 10.0. The van der Waals surface area contributed by atoms with E-state index >= 15 is 0 Å². The number of amides is 1. The van der Waals surface area contributed by atoms with Gasteiger partial charge >= 0.3 is 5.97 Å². The highest BCUT2D eigenvalue weighted by Gasteiger charge is 2.33. The number of aromatic carboxylic acids is 1. The van der Waals surface area contributed by atoms with E-state index in [1.54, 1.807) is 13.2 Å². The Labute approximate surface area is 182 Å². The minimum absolute atomic E-state index is 0.0309. The minimum Gasteiger partial charge on any atom is -0.477 e. The van der Waals surface area contributed by atoms with Crippen LogP contribution in [-0.2, 0) is 11.2 Å². The summed E-state index contributed by atoms with van der Waals surface area (Å²) in [7, 11) is 1.56. The van der Waals surface area contributed by atoms with Crippen molar-refractivity contribution < 1.29 is 24.2 Å². The van der Waals surface area contributed by atoms with E-state index in [9.17, 15) is 19.5 Å². The second kappa shape index (κ2) is 9.15. The number of H-pyrrole nitrogens is 1. The largest absolute Gasteiger partial charge is 0.477 e. The van der Waals surface area contributed by atoms with Crippen LogP contribution in [0.4, 0.5) is 5.00 Å². The minimum atomic E-state index is -1.12. The number of methoxy groups -OCH3 is 1. The molecule has 0 spiro atoms. The number of anilines is 1. The first kappa shape index (κ1) is 22.3. The molecule has 1 aliphatic rings. The first-order valence-corrected chi connectivity index (χ1v) is 10.7. The van der Waals surface area contributed by atoms with Gasteiger partial charge in [-0.3, -0.25) is 9.59 Å². The van der Waals surface area contributed by atoms with E-state index in [1.807, 2.05) is 11.8 Å². The van der Waals surface area contributed by atoms with Gasteiger partial charge in [0.15, 0.2) is 16.8 Å². The number of imidazole rings is 1. The highest BCUT2D eigenvalue weighted by Crippen LogP contribution is 2.33. The molecule has 0 bridgehead atoms. The molecule has 1 amide bonds. The van der Waals surface area contributed by atoms with Crippen molar-refractivity contribution in [2.24, 2.45) is 0 Å². The summed E-state index contributed by atoms with van der Waals surface area (Å²) in [6, 6.07) is 1.36. The number of nitrogens with zero attached hydrogens (tertiary/aromatic N) is 2. The molecule has 3 rings (SSSR count).